The van der Waals surface area contributed by atoms with Gasteiger partial charge in [-0.25, -0.2) is 4.79 Å². The highest BCUT2D eigenvalue weighted by Crippen LogP contribution is 2.19. The second kappa shape index (κ2) is 4.30. The molecular formula is C12H15N3O3. The zero-order valence-electron chi connectivity index (χ0n) is 10.2. The molecule has 2 rings (SSSR count). The van der Waals surface area contributed by atoms with E-state index >= 15 is 0 Å². The number of aromatic nitrogens is 2. The third kappa shape index (κ3) is 1.91. The molecular weight excluding hydrogens is 234 g/mol. The fraction of sp³-hybridized carbons (Fsp3) is 0.333. The van der Waals surface area contributed by atoms with E-state index in [1.807, 2.05) is 13.8 Å². The standard InChI is InChI=1S/C12H15N3O3/c1-6(2)15-9-4-3-7(10(13)11(16)17)5-8(9)14-12(15)18/h3-6,10H,13H2,1-2H3,(H,14,18)(H,16,17). The molecule has 6 heteroatoms. The van der Waals surface area contributed by atoms with Crippen LogP contribution in [0.3, 0.4) is 0 Å². The molecule has 2 aromatic rings. The van der Waals surface area contributed by atoms with Crippen LogP contribution < -0.4 is 11.4 Å². The van der Waals surface area contributed by atoms with Gasteiger partial charge in [-0.1, -0.05) is 6.07 Å². The number of imidazole rings is 1. The number of nitrogens with one attached hydrogen (secondary N) is 1. The minimum atomic E-state index is -1.10. The smallest absolute Gasteiger partial charge is 0.326 e. The fourth-order valence-electron chi connectivity index (χ4n) is 2.00. The predicted molar refractivity (Wildman–Crippen MR) is 67.5 cm³/mol. The molecule has 0 saturated heterocycles. The van der Waals surface area contributed by atoms with Gasteiger partial charge < -0.3 is 15.8 Å². The van der Waals surface area contributed by atoms with Crippen LogP contribution in [0.5, 0.6) is 0 Å². The van der Waals surface area contributed by atoms with E-state index in [1.165, 1.54) is 0 Å². The molecule has 4 N–H and O–H groups in total. The Hall–Kier alpha value is -2.08. The topological polar surface area (TPSA) is 101 Å². The predicted octanol–water partition coefficient (Wildman–Crippen LogP) is 0.995. The van der Waals surface area contributed by atoms with Crippen molar-refractivity contribution in [3.05, 3.63) is 34.2 Å². The monoisotopic (exact) mass is 249 g/mol. The molecule has 0 radical (unpaired) electrons. The Labute approximate surface area is 103 Å². The van der Waals surface area contributed by atoms with Gasteiger partial charge in [0.1, 0.15) is 6.04 Å². The Morgan fingerprint density at radius 3 is 2.67 bits per heavy atom. The third-order valence-electron chi connectivity index (χ3n) is 2.88. The summed E-state index contributed by atoms with van der Waals surface area (Å²) in [5.74, 6) is -1.10. The number of fused-ring (bicyclic) bond motifs is 1. The number of rotatable bonds is 3. The van der Waals surface area contributed by atoms with Crippen LogP contribution in [-0.2, 0) is 4.79 Å². The van der Waals surface area contributed by atoms with Crippen molar-refractivity contribution in [1.82, 2.24) is 9.55 Å². The van der Waals surface area contributed by atoms with Gasteiger partial charge in [0.2, 0.25) is 0 Å². The molecule has 6 nitrogen and oxygen atoms in total. The largest absolute Gasteiger partial charge is 0.480 e. The molecule has 1 aromatic carbocycles. The van der Waals surface area contributed by atoms with Crippen molar-refractivity contribution < 1.29 is 9.90 Å². The summed E-state index contributed by atoms with van der Waals surface area (Å²) in [5.41, 5.74) is 7.14. The number of carboxylic acid groups (broad SMARTS) is 1. The van der Waals surface area contributed by atoms with Crippen molar-refractivity contribution in [2.45, 2.75) is 25.9 Å². The van der Waals surface area contributed by atoms with Gasteiger partial charge in [0.25, 0.3) is 0 Å². The molecule has 0 spiro atoms. The van der Waals surface area contributed by atoms with Crippen LogP contribution >= 0.6 is 0 Å². The number of hydrogen-bond donors (Lipinski definition) is 3. The summed E-state index contributed by atoms with van der Waals surface area (Å²) in [5, 5.41) is 8.85. The fourth-order valence-corrected chi connectivity index (χ4v) is 2.00. The van der Waals surface area contributed by atoms with Gasteiger partial charge in [0.15, 0.2) is 0 Å². The lowest BCUT2D eigenvalue weighted by Crippen LogP contribution is -2.20. The van der Waals surface area contributed by atoms with Crippen LogP contribution in [0.4, 0.5) is 0 Å². The van der Waals surface area contributed by atoms with Gasteiger partial charge in [-0.2, -0.15) is 0 Å². The van der Waals surface area contributed by atoms with Crippen molar-refractivity contribution in [1.29, 1.82) is 0 Å². The Bertz CT molecular complexity index is 654. The Kier molecular flexibility index (Phi) is 2.96. The maximum absolute atomic E-state index is 11.8. The molecule has 1 unspecified atom stereocenters. The zero-order valence-corrected chi connectivity index (χ0v) is 10.2. The van der Waals surface area contributed by atoms with Gasteiger partial charge in [-0.05, 0) is 31.5 Å². The molecule has 96 valence electrons. The maximum Gasteiger partial charge on any atom is 0.326 e. The lowest BCUT2D eigenvalue weighted by molar-refractivity contribution is -0.138. The molecule has 18 heavy (non-hydrogen) atoms. The molecule has 0 bridgehead atoms. The van der Waals surface area contributed by atoms with Gasteiger partial charge in [-0.15, -0.1) is 0 Å². The molecule has 0 aliphatic carbocycles. The van der Waals surface area contributed by atoms with Crippen molar-refractivity contribution in [2.24, 2.45) is 5.73 Å². The molecule has 0 aliphatic rings. The third-order valence-corrected chi connectivity index (χ3v) is 2.88. The number of benzene rings is 1. The SMILES string of the molecule is CC(C)n1c(=O)[nH]c2cc(C(N)C(=O)O)ccc21. The van der Waals surface area contributed by atoms with Crippen LogP contribution in [-0.4, -0.2) is 20.6 Å². The lowest BCUT2D eigenvalue weighted by atomic mass is 10.1. The van der Waals surface area contributed by atoms with Crippen molar-refractivity contribution in [3.63, 3.8) is 0 Å². The molecule has 1 atom stereocenters. The van der Waals surface area contributed by atoms with E-state index in [0.29, 0.717) is 11.1 Å². The summed E-state index contributed by atoms with van der Waals surface area (Å²) in [4.78, 5) is 25.3. The highest BCUT2D eigenvalue weighted by atomic mass is 16.4. The van der Waals surface area contributed by atoms with E-state index in [1.54, 1.807) is 22.8 Å². The molecule has 0 aliphatic heterocycles. The van der Waals surface area contributed by atoms with Crippen molar-refractivity contribution in [2.75, 3.05) is 0 Å². The van der Waals surface area contributed by atoms with Crippen LogP contribution in [0.25, 0.3) is 11.0 Å². The number of carbonyl (C=O) groups is 1. The second-order valence-electron chi connectivity index (χ2n) is 4.49. The molecule has 0 saturated carbocycles. The van der Waals surface area contributed by atoms with Gasteiger partial charge >= 0.3 is 11.7 Å². The summed E-state index contributed by atoms with van der Waals surface area (Å²) in [6.07, 6.45) is 0. The average Bonchev–Trinajstić information content (AvgIpc) is 2.62. The second-order valence-corrected chi connectivity index (χ2v) is 4.49. The first kappa shape index (κ1) is 12.4. The average molecular weight is 249 g/mol. The lowest BCUT2D eigenvalue weighted by Gasteiger charge is -2.09. The molecule has 0 amide bonds. The number of aliphatic carboxylic acids is 1. The number of carboxylic acids is 1. The summed E-state index contributed by atoms with van der Waals surface area (Å²) < 4.78 is 1.62. The Morgan fingerprint density at radius 1 is 1.44 bits per heavy atom. The summed E-state index contributed by atoms with van der Waals surface area (Å²) in [6, 6.07) is 3.90. The first-order valence-electron chi connectivity index (χ1n) is 5.64. The van der Waals surface area contributed by atoms with E-state index in [4.69, 9.17) is 10.8 Å². The van der Waals surface area contributed by atoms with E-state index in [0.717, 1.165) is 5.52 Å². The normalized spacial score (nSPS) is 13.1. The highest BCUT2D eigenvalue weighted by molar-refractivity contribution is 5.80. The maximum atomic E-state index is 11.8. The Balaban J connectivity index is 2.61. The van der Waals surface area contributed by atoms with Crippen molar-refractivity contribution >= 4 is 17.0 Å². The zero-order chi connectivity index (χ0) is 13.4. The number of H-pyrrole nitrogens is 1. The van der Waals surface area contributed by atoms with Crippen molar-refractivity contribution in [3.8, 4) is 0 Å². The molecule has 1 aromatic heterocycles. The summed E-state index contributed by atoms with van der Waals surface area (Å²) in [7, 11) is 0. The van der Waals surface area contributed by atoms with Gasteiger partial charge in [0, 0.05) is 6.04 Å². The quantitative estimate of drug-likeness (QED) is 0.755. The van der Waals surface area contributed by atoms with E-state index < -0.39 is 12.0 Å². The minimum Gasteiger partial charge on any atom is -0.480 e. The van der Waals surface area contributed by atoms with Crippen LogP contribution in [0.2, 0.25) is 0 Å². The highest BCUT2D eigenvalue weighted by Gasteiger charge is 2.16. The molecule has 0 fully saturated rings. The number of nitrogens with two attached hydrogens (primary N) is 1. The van der Waals surface area contributed by atoms with Crippen LogP contribution in [0.15, 0.2) is 23.0 Å². The number of aromatic amines is 1. The summed E-state index contributed by atoms with van der Waals surface area (Å²) >= 11 is 0. The number of hydrogen-bond acceptors (Lipinski definition) is 3. The van der Waals surface area contributed by atoms with E-state index in [-0.39, 0.29) is 11.7 Å². The first-order chi connectivity index (χ1) is 8.41. The van der Waals surface area contributed by atoms with E-state index in [9.17, 15) is 9.59 Å². The minimum absolute atomic E-state index is 0.0326. The van der Waals surface area contributed by atoms with Crippen LogP contribution in [0, 0.1) is 0 Å². The van der Waals surface area contributed by atoms with Gasteiger partial charge in [0.05, 0.1) is 11.0 Å². The van der Waals surface area contributed by atoms with Gasteiger partial charge in [-0.3, -0.25) is 9.36 Å². The van der Waals surface area contributed by atoms with Crippen LogP contribution in [0.1, 0.15) is 31.5 Å². The first-order valence-corrected chi connectivity index (χ1v) is 5.64. The number of nitrogens with zero attached hydrogens (tertiary/aromatic N) is 1. The van der Waals surface area contributed by atoms with E-state index in [2.05, 4.69) is 4.98 Å². The summed E-state index contributed by atoms with van der Waals surface area (Å²) in [6.45, 7) is 3.82. The molecule has 1 heterocycles. The Morgan fingerprint density at radius 2 is 2.11 bits per heavy atom.